The van der Waals surface area contributed by atoms with Crippen LogP contribution in [0.3, 0.4) is 0 Å². The van der Waals surface area contributed by atoms with E-state index in [1.165, 1.54) is 0 Å². The maximum atomic E-state index is 12.9. The van der Waals surface area contributed by atoms with E-state index in [0.717, 1.165) is 37.2 Å². The van der Waals surface area contributed by atoms with E-state index in [2.05, 4.69) is 17.4 Å². The van der Waals surface area contributed by atoms with Gasteiger partial charge in [0.25, 0.3) is 0 Å². The van der Waals surface area contributed by atoms with Crippen molar-refractivity contribution < 1.29 is 9.53 Å². The predicted molar refractivity (Wildman–Crippen MR) is 96.4 cm³/mol. The van der Waals surface area contributed by atoms with E-state index in [0.29, 0.717) is 5.56 Å². The van der Waals surface area contributed by atoms with Gasteiger partial charge >= 0.3 is 5.97 Å². The molecule has 1 saturated heterocycles. The summed E-state index contributed by atoms with van der Waals surface area (Å²) in [6.45, 7) is 1.69. The average Bonchev–Trinajstić information content (AvgIpc) is 2.63. The van der Waals surface area contributed by atoms with Gasteiger partial charge in [-0.05, 0) is 30.8 Å². The number of rotatable bonds is 4. The molecule has 1 aliphatic heterocycles. The molecule has 0 aliphatic carbocycles. The van der Waals surface area contributed by atoms with E-state index in [9.17, 15) is 4.79 Å². The quantitative estimate of drug-likeness (QED) is 0.877. The van der Waals surface area contributed by atoms with Crippen LogP contribution in [-0.2, 0) is 10.3 Å². The molecule has 2 aromatic rings. The highest BCUT2D eigenvalue weighted by atomic mass is 16.6. The van der Waals surface area contributed by atoms with Gasteiger partial charge < -0.3 is 15.0 Å². The van der Waals surface area contributed by atoms with Gasteiger partial charge in [-0.1, -0.05) is 42.5 Å². The second-order valence-electron chi connectivity index (χ2n) is 6.41. The number of ether oxygens (including phenoxy) is 1. The molecule has 0 spiro atoms. The molecule has 1 fully saturated rings. The third kappa shape index (κ3) is 3.29. The van der Waals surface area contributed by atoms with Gasteiger partial charge in [-0.25, -0.2) is 4.79 Å². The molecule has 0 amide bonds. The summed E-state index contributed by atoms with van der Waals surface area (Å²) in [6.07, 6.45) is 1.57. The Kier molecular flexibility index (Phi) is 4.86. The van der Waals surface area contributed by atoms with Gasteiger partial charge in [-0.15, -0.1) is 0 Å². The average molecular weight is 324 g/mol. The van der Waals surface area contributed by atoms with E-state index in [4.69, 9.17) is 4.74 Å². The molecule has 24 heavy (non-hydrogen) atoms. The minimum atomic E-state index is -0.553. The molecule has 2 aromatic carbocycles. The van der Waals surface area contributed by atoms with Crippen molar-refractivity contribution in [3.63, 3.8) is 0 Å². The number of piperidine rings is 1. The first kappa shape index (κ1) is 16.5. The van der Waals surface area contributed by atoms with Gasteiger partial charge in [0.15, 0.2) is 0 Å². The van der Waals surface area contributed by atoms with Crippen molar-refractivity contribution in [1.82, 2.24) is 5.32 Å². The molecule has 1 heterocycles. The molecule has 0 atom stereocenters. The van der Waals surface area contributed by atoms with Crippen LogP contribution in [0.2, 0.25) is 0 Å². The molecule has 4 nitrogen and oxygen atoms in total. The Morgan fingerprint density at radius 1 is 1.00 bits per heavy atom. The van der Waals surface area contributed by atoms with Crippen molar-refractivity contribution in [3.8, 4) is 0 Å². The van der Waals surface area contributed by atoms with Crippen molar-refractivity contribution in [2.75, 3.05) is 32.1 Å². The number of anilines is 1. The number of nitrogens with one attached hydrogen (secondary N) is 1. The van der Waals surface area contributed by atoms with Crippen molar-refractivity contribution in [2.24, 2.45) is 0 Å². The zero-order valence-electron chi connectivity index (χ0n) is 14.3. The minimum Gasteiger partial charge on any atom is -0.450 e. The van der Waals surface area contributed by atoms with E-state index in [1.807, 2.05) is 61.5 Å². The molecule has 3 rings (SSSR count). The Hall–Kier alpha value is -2.33. The number of carbonyl (C=O) groups is 1. The van der Waals surface area contributed by atoms with Crippen LogP contribution in [-0.4, -0.2) is 33.2 Å². The van der Waals surface area contributed by atoms with Crippen LogP contribution >= 0.6 is 0 Å². The third-order valence-corrected chi connectivity index (χ3v) is 4.60. The molecule has 0 bridgehead atoms. The maximum absolute atomic E-state index is 12.9. The van der Waals surface area contributed by atoms with Crippen LogP contribution in [0.15, 0.2) is 54.6 Å². The summed E-state index contributed by atoms with van der Waals surface area (Å²) in [7, 11) is 3.87. The Morgan fingerprint density at radius 3 is 2.29 bits per heavy atom. The largest absolute Gasteiger partial charge is 0.450 e. The van der Waals surface area contributed by atoms with E-state index < -0.39 is 5.60 Å². The standard InChI is InChI=1S/C20H24N2O2/c1-22(2)18-11-7-6-10-17(18)19(23)24-20(12-14-21-15-13-20)16-8-4-3-5-9-16/h3-11,21H,12-15H2,1-2H3. The molecule has 0 aromatic heterocycles. The first-order chi connectivity index (χ1) is 11.6. The fourth-order valence-electron chi connectivity index (χ4n) is 3.29. The number of nitrogens with zero attached hydrogens (tertiary/aromatic N) is 1. The number of hydrogen-bond donors (Lipinski definition) is 1. The summed E-state index contributed by atoms with van der Waals surface area (Å²) in [5.74, 6) is -0.259. The van der Waals surface area contributed by atoms with Crippen molar-refractivity contribution in [3.05, 3.63) is 65.7 Å². The van der Waals surface area contributed by atoms with Gasteiger partial charge in [0.1, 0.15) is 5.60 Å². The maximum Gasteiger partial charge on any atom is 0.341 e. The number of para-hydroxylation sites is 1. The molecular weight excluding hydrogens is 300 g/mol. The number of benzene rings is 2. The van der Waals surface area contributed by atoms with E-state index in [1.54, 1.807) is 0 Å². The zero-order valence-corrected chi connectivity index (χ0v) is 14.3. The highest BCUT2D eigenvalue weighted by Crippen LogP contribution is 2.36. The van der Waals surface area contributed by atoms with Crippen molar-refractivity contribution in [1.29, 1.82) is 0 Å². The summed E-state index contributed by atoms with van der Waals surface area (Å²) in [5, 5.41) is 3.35. The number of carbonyl (C=O) groups excluding carboxylic acids is 1. The molecule has 4 heteroatoms. The van der Waals surface area contributed by atoms with E-state index >= 15 is 0 Å². The predicted octanol–water partition coefficient (Wildman–Crippen LogP) is 3.19. The number of hydrogen-bond acceptors (Lipinski definition) is 4. The highest BCUT2D eigenvalue weighted by molar-refractivity contribution is 5.96. The monoisotopic (exact) mass is 324 g/mol. The van der Waals surface area contributed by atoms with Crippen LogP contribution in [0.1, 0.15) is 28.8 Å². The van der Waals surface area contributed by atoms with Crippen LogP contribution in [0.4, 0.5) is 5.69 Å². The van der Waals surface area contributed by atoms with Gasteiger partial charge in [0.2, 0.25) is 0 Å². The van der Waals surface area contributed by atoms with Crippen LogP contribution in [0.25, 0.3) is 0 Å². The smallest absolute Gasteiger partial charge is 0.341 e. The summed E-state index contributed by atoms with van der Waals surface area (Å²) in [5.41, 5.74) is 2.00. The lowest BCUT2D eigenvalue weighted by molar-refractivity contribution is -0.0377. The zero-order chi connectivity index (χ0) is 17.0. The van der Waals surface area contributed by atoms with Gasteiger partial charge in [-0.3, -0.25) is 0 Å². The summed E-state index contributed by atoms with van der Waals surface area (Å²) >= 11 is 0. The lowest BCUT2D eigenvalue weighted by atomic mass is 9.84. The highest BCUT2D eigenvalue weighted by Gasteiger charge is 2.38. The normalized spacial score (nSPS) is 16.4. The fraction of sp³-hybridized carbons (Fsp3) is 0.350. The summed E-state index contributed by atoms with van der Waals surface area (Å²) < 4.78 is 6.14. The second-order valence-corrected chi connectivity index (χ2v) is 6.41. The second kappa shape index (κ2) is 7.05. The van der Waals surface area contributed by atoms with Crippen molar-refractivity contribution in [2.45, 2.75) is 18.4 Å². The minimum absolute atomic E-state index is 0.259. The molecule has 0 saturated carbocycles. The number of esters is 1. The van der Waals surface area contributed by atoms with E-state index in [-0.39, 0.29) is 5.97 Å². The van der Waals surface area contributed by atoms with Gasteiger partial charge in [-0.2, -0.15) is 0 Å². The van der Waals surface area contributed by atoms with Gasteiger partial charge in [0, 0.05) is 26.9 Å². The Morgan fingerprint density at radius 2 is 1.62 bits per heavy atom. The SMILES string of the molecule is CN(C)c1ccccc1C(=O)OC1(c2ccccc2)CCNCC1. The lowest BCUT2D eigenvalue weighted by Gasteiger charge is -2.37. The summed E-state index contributed by atoms with van der Waals surface area (Å²) in [4.78, 5) is 14.9. The fourth-order valence-corrected chi connectivity index (χ4v) is 3.29. The molecule has 1 aliphatic rings. The lowest BCUT2D eigenvalue weighted by Crippen LogP contribution is -2.43. The topological polar surface area (TPSA) is 41.6 Å². The first-order valence-corrected chi connectivity index (χ1v) is 8.38. The Bertz CT molecular complexity index is 692. The third-order valence-electron chi connectivity index (χ3n) is 4.60. The van der Waals surface area contributed by atoms with Gasteiger partial charge in [0.05, 0.1) is 11.3 Å². The first-order valence-electron chi connectivity index (χ1n) is 8.38. The summed E-state index contributed by atoms with van der Waals surface area (Å²) in [6, 6.07) is 17.7. The van der Waals surface area contributed by atoms with Crippen LogP contribution < -0.4 is 10.2 Å². The van der Waals surface area contributed by atoms with Crippen LogP contribution in [0, 0.1) is 0 Å². The molecule has 0 unspecified atom stereocenters. The molecule has 0 radical (unpaired) electrons. The van der Waals surface area contributed by atoms with Crippen molar-refractivity contribution >= 4 is 11.7 Å². The Balaban J connectivity index is 1.93. The molecule has 126 valence electrons. The molecule has 1 N–H and O–H groups in total. The molecular formula is C20H24N2O2. The Labute approximate surface area is 143 Å². The van der Waals surface area contributed by atoms with Crippen LogP contribution in [0.5, 0.6) is 0 Å².